The third-order valence-corrected chi connectivity index (χ3v) is 4.86. The van der Waals surface area contributed by atoms with Crippen LogP contribution < -0.4 is 5.56 Å². The van der Waals surface area contributed by atoms with Crippen molar-refractivity contribution >= 4 is 5.65 Å². The van der Waals surface area contributed by atoms with E-state index in [4.69, 9.17) is 0 Å². The largest absolute Gasteiger partial charge is 0.416 e. The number of alkyl halides is 9. The van der Waals surface area contributed by atoms with Crippen molar-refractivity contribution in [3.8, 4) is 22.5 Å². The average molecular weight is 491 g/mol. The summed E-state index contributed by atoms with van der Waals surface area (Å²) in [6, 6.07) is 6.68. The molecule has 1 N–H and O–H groups in total. The number of fused-ring (bicyclic) bond motifs is 1. The van der Waals surface area contributed by atoms with Crippen molar-refractivity contribution in [2.24, 2.45) is 0 Å². The summed E-state index contributed by atoms with van der Waals surface area (Å²) < 4.78 is 118. The van der Waals surface area contributed by atoms with Gasteiger partial charge in [-0.25, -0.2) is 9.50 Å². The van der Waals surface area contributed by atoms with Crippen LogP contribution in [0.1, 0.15) is 16.7 Å². The van der Waals surface area contributed by atoms with Crippen molar-refractivity contribution < 1.29 is 39.5 Å². The molecule has 4 nitrogen and oxygen atoms in total. The third kappa shape index (κ3) is 4.50. The van der Waals surface area contributed by atoms with Gasteiger partial charge in [0.2, 0.25) is 0 Å². The molecule has 0 fully saturated rings. The van der Waals surface area contributed by atoms with Gasteiger partial charge >= 0.3 is 18.5 Å². The number of halogens is 9. The van der Waals surface area contributed by atoms with E-state index >= 15 is 0 Å². The molecular formula is C21H10F9N3O. The summed E-state index contributed by atoms with van der Waals surface area (Å²) in [5, 5.41) is 2.59. The number of nitrogens with one attached hydrogen (secondary N) is 1. The van der Waals surface area contributed by atoms with Crippen molar-refractivity contribution in [2.75, 3.05) is 0 Å². The smallest absolute Gasteiger partial charge is 0.289 e. The van der Waals surface area contributed by atoms with Crippen LogP contribution >= 0.6 is 0 Å². The Hall–Kier alpha value is -3.77. The van der Waals surface area contributed by atoms with Crippen LogP contribution in [0, 0.1) is 0 Å². The van der Waals surface area contributed by atoms with E-state index < -0.39 is 52.0 Å². The van der Waals surface area contributed by atoms with E-state index in [-0.39, 0.29) is 23.0 Å². The summed E-state index contributed by atoms with van der Waals surface area (Å²) in [6.45, 7) is 0. The zero-order valence-electron chi connectivity index (χ0n) is 16.4. The first-order valence-corrected chi connectivity index (χ1v) is 9.23. The topological polar surface area (TPSA) is 50.2 Å². The number of H-pyrrole nitrogens is 1. The Morgan fingerprint density at radius 1 is 0.647 bits per heavy atom. The summed E-state index contributed by atoms with van der Waals surface area (Å²) in [5.74, 6) is 0. The van der Waals surface area contributed by atoms with Crippen LogP contribution in [0.4, 0.5) is 39.5 Å². The quantitative estimate of drug-likeness (QED) is 0.330. The van der Waals surface area contributed by atoms with Gasteiger partial charge in [-0.15, -0.1) is 0 Å². The molecule has 0 aliphatic carbocycles. The maximum absolute atomic E-state index is 13.1. The van der Waals surface area contributed by atoms with Crippen LogP contribution in [-0.2, 0) is 18.5 Å². The molecule has 0 unspecified atom stereocenters. The lowest BCUT2D eigenvalue weighted by atomic mass is 10.0. The minimum Gasteiger partial charge on any atom is -0.289 e. The number of nitrogens with zero attached hydrogens (tertiary/aromatic N) is 2. The molecule has 178 valence electrons. The second kappa shape index (κ2) is 7.64. The van der Waals surface area contributed by atoms with Crippen LogP contribution in [0.15, 0.2) is 59.4 Å². The Morgan fingerprint density at radius 3 is 1.68 bits per heavy atom. The number of hydrogen-bond acceptors (Lipinski definition) is 2. The predicted octanol–water partition coefficient (Wildman–Crippen LogP) is 6.41. The highest BCUT2D eigenvalue weighted by molar-refractivity contribution is 5.68. The van der Waals surface area contributed by atoms with E-state index in [0.717, 1.165) is 34.8 Å². The normalized spacial score (nSPS) is 13.0. The highest BCUT2D eigenvalue weighted by Gasteiger charge is 2.37. The molecule has 4 aromatic rings. The summed E-state index contributed by atoms with van der Waals surface area (Å²) in [5.41, 5.74) is -5.72. The Bertz CT molecular complexity index is 1390. The van der Waals surface area contributed by atoms with Gasteiger partial charge in [-0.2, -0.15) is 39.5 Å². The number of hydrogen-bond donors (Lipinski definition) is 1. The van der Waals surface area contributed by atoms with Gasteiger partial charge in [-0.05, 0) is 35.9 Å². The highest BCUT2D eigenvalue weighted by Crippen LogP contribution is 2.38. The van der Waals surface area contributed by atoms with E-state index in [9.17, 15) is 44.3 Å². The Labute approximate surface area is 183 Å². The maximum Gasteiger partial charge on any atom is 0.416 e. The molecule has 0 radical (unpaired) electrons. The van der Waals surface area contributed by atoms with E-state index in [1.807, 2.05) is 0 Å². The van der Waals surface area contributed by atoms with Crippen molar-refractivity contribution in [3.05, 3.63) is 81.6 Å². The van der Waals surface area contributed by atoms with Crippen molar-refractivity contribution in [2.45, 2.75) is 18.5 Å². The second-order valence-electron chi connectivity index (χ2n) is 7.21. The van der Waals surface area contributed by atoms with E-state index in [1.54, 1.807) is 0 Å². The van der Waals surface area contributed by atoms with E-state index in [0.29, 0.717) is 12.1 Å². The number of benzene rings is 2. The monoisotopic (exact) mass is 491 g/mol. The van der Waals surface area contributed by atoms with Crippen LogP contribution in [0.25, 0.3) is 28.2 Å². The van der Waals surface area contributed by atoms with Gasteiger partial charge in [0, 0.05) is 17.7 Å². The van der Waals surface area contributed by atoms with Gasteiger partial charge in [-0.1, -0.05) is 12.1 Å². The van der Waals surface area contributed by atoms with Crippen molar-refractivity contribution in [3.63, 3.8) is 0 Å². The van der Waals surface area contributed by atoms with Gasteiger partial charge in [0.05, 0.1) is 28.1 Å². The predicted molar refractivity (Wildman–Crippen MR) is 102 cm³/mol. The highest BCUT2D eigenvalue weighted by atomic mass is 19.4. The van der Waals surface area contributed by atoms with Crippen LogP contribution in [-0.4, -0.2) is 14.6 Å². The fraction of sp³-hybridized carbons (Fsp3) is 0.143. The third-order valence-electron chi connectivity index (χ3n) is 4.86. The molecular weight excluding hydrogens is 481 g/mol. The first-order valence-electron chi connectivity index (χ1n) is 9.23. The zero-order valence-corrected chi connectivity index (χ0v) is 16.4. The second-order valence-corrected chi connectivity index (χ2v) is 7.21. The lowest BCUT2D eigenvalue weighted by molar-refractivity contribution is -0.143. The average Bonchev–Trinajstić information content (AvgIpc) is 3.16. The van der Waals surface area contributed by atoms with Gasteiger partial charge < -0.3 is 0 Å². The molecule has 0 saturated heterocycles. The van der Waals surface area contributed by atoms with Gasteiger partial charge in [-0.3, -0.25) is 9.89 Å². The Balaban J connectivity index is 1.83. The molecule has 0 amide bonds. The molecule has 0 saturated carbocycles. The number of aromatic nitrogens is 3. The fourth-order valence-electron chi connectivity index (χ4n) is 3.23. The van der Waals surface area contributed by atoms with Crippen molar-refractivity contribution in [1.82, 2.24) is 14.6 Å². The molecule has 0 atom stereocenters. The van der Waals surface area contributed by atoms with Crippen molar-refractivity contribution in [1.29, 1.82) is 0 Å². The summed E-state index contributed by atoms with van der Waals surface area (Å²) in [6.07, 6.45) is -14.7. The molecule has 13 heteroatoms. The standard InChI is InChI=1S/C21H10F9N3O/c22-19(23,24)12-3-1-10(2-4-12)16-8-17-31-15(9-18(34)33(17)32-16)11-5-13(20(25,26)27)7-14(6-11)21(28,29)30/h1-9,32H. The number of rotatable bonds is 2. The fourth-order valence-corrected chi connectivity index (χ4v) is 3.23. The molecule has 2 heterocycles. The van der Waals surface area contributed by atoms with Gasteiger partial charge in [0.1, 0.15) is 0 Å². The lowest BCUT2D eigenvalue weighted by Crippen LogP contribution is -2.15. The van der Waals surface area contributed by atoms with Crippen LogP contribution in [0.5, 0.6) is 0 Å². The molecule has 0 bridgehead atoms. The minimum absolute atomic E-state index is 0.0477. The zero-order chi connectivity index (χ0) is 25.1. The van der Waals surface area contributed by atoms with E-state index in [2.05, 4.69) is 10.1 Å². The summed E-state index contributed by atoms with van der Waals surface area (Å²) >= 11 is 0. The van der Waals surface area contributed by atoms with E-state index in [1.165, 1.54) is 6.07 Å². The molecule has 2 aromatic carbocycles. The SMILES string of the molecule is O=c1cc(-c2cc(C(F)(F)F)cc(C(F)(F)F)c2)nc2cc(-c3ccc(C(F)(F)F)cc3)[nH]n12. The lowest BCUT2D eigenvalue weighted by Gasteiger charge is -2.14. The maximum atomic E-state index is 13.1. The summed E-state index contributed by atoms with van der Waals surface area (Å²) in [7, 11) is 0. The molecule has 34 heavy (non-hydrogen) atoms. The van der Waals surface area contributed by atoms with Crippen LogP contribution in [0.3, 0.4) is 0 Å². The Kier molecular flexibility index (Phi) is 5.25. The van der Waals surface area contributed by atoms with Gasteiger partial charge in [0.25, 0.3) is 5.56 Å². The number of aromatic amines is 1. The first kappa shape index (κ1) is 23.4. The van der Waals surface area contributed by atoms with Gasteiger partial charge in [0.15, 0.2) is 5.65 Å². The molecule has 0 aliphatic heterocycles. The molecule has 0 spiro atoms. The Morgan fingerprint density at radius 2 is 1.18 bits per heavy atom. The van der Waals surface area contributed by atoms with Crippen LogP contribution in [0.2, 0.25) is 0 Å². The minimum atomic E-state index is -5.08. The summed E-state index contributed by atoms with van der Waals surface area (Å²) in [4.78, 5) is 16.4. The molecule has 4 rings (SSSR count). The molecule has 0 aliphatic rings. The first-order chi connectivity index (χ1) is 15.6. The molecule has 2 aromatic heterocycles.